The highest BCUT2D eigenvalue weighted by molar-refractivity contribution is 6.17. The van der Waals surface area contributed by atoms with E-state index >= 15 is 0 Å². The van der Waals surface area contributed by atoms with E-state index in [-0.39, 0.29) is 40.1 Å². The van der Waals surface area contributed by atoms with E-state index in [1.807, 2.05) is 6.92 Å². The molecule has 1 atom stereocenters. The summed E-state index contributed by atoms with van der Waals surface area (Å²) in [4.78, 5) is 25.2. The first-order valence-corrected chi connectivity index (χ1v) is 10.4. The summed E-state index contributed by atoms with van der Waals surface area (Å²) < 4.78 is 51.8. The number of hydrogen-bond acceptors (Lipinski definition) is 5. The minimum atomic E-state index is -3.25. The van der Waals surface area contributed by atoms with Gasteiger partial charge in [-0.05, 0) is 24.1 Å². The molecule has 1 heterocycles. The van der Waals surface area contributed by atoms with Crippen molar-refractivity contribution < 1.29 is 42.4 Å². The van der Waals surface area contributed by atoms with Gasteiger partial charge in [0.1, 0.15) is 17.3 Å². The largest absolute Gasteiger partial charge is 0.492 e. The fourth-order valence-electron chi connectivity index (χ4n) is 4.04. The zero-order valence-corrected chi connectivity index (χ0v) is 17.9. The third-order valence-corrected chi connectivity index (χ3v) is 5.41. The molecule has 34 heavy (non-hydrogen) atoms. The highest BCUT2D eigenvalue weighted by Crippen LogP contribution is 2.50. The normalized spacial score (nSPS) is 15.2. The van der Waals surface area contributed by atoms with Crippen molar-refractivity contribution in [3.8, 4) is 11.5 Å². The SMILES string of the molecule is CCCOc1c2c(c(OC(F)F)c3ccccc13)C(=O)N(c1ccc(CC(=O)O)c(F)c1)C2O. The van der Waals surface area contributed by atoms with E-state index in [4.69, 9.17) is 14.6 Å². The number of carboxylic acid groups (broad SMARTS) is 1. The maximum Gasteiger partial charge on any atom is 0.387 e. The van der Waals surface area contributed by atoms with Gasteiger partial charge in [0.15, 0.2) is 6.23 Å². The molecule has 3 aromatic carbocycles. The Morgan fingerprint density at radius 1 is 1.15 bits per heavy atom. The van der Waals surface area contributed by atoms with Gasteiger partial charge >= 0.3 is 12.6 Å². The van der Waals surface area contributed by atoms with Gasteiger partial charge in [-0.1, -0.05) is 37.3 Å². The van der Waals surface area contributed by atoms with Crippen molar-refractivity contribution in [3.63, 3.8) is 0 Å². The molecule has 0 aliphatic carbocycles. The van der Waals surface area contributed by atoms with Crippen LogP contribution in [0, 0.1) is 5.82 Å². The predicted octanol–water partition coefficient (Wildman–Crippen LogP) is 4.65. The number of aliphatic hydroxyl groups is 1. The fourth-order valence-corrected chi connectivity index (χ4v) is 4.04. The molecule has 0 spiro atoms. The number of carbonyl (C=O) groups is 2. The lowest BCUT2D eigenvalue weighted by molar-refractivity contribution is -0.136. The number of halogens is 3. The quantitative estimate of drug-likeness (QED) is 0.493. The van der Waals surface area contributed by atoms with Crippen LogP contribution in [0.1, 0.15) is 41.1 Å². The van der Waals surface area contributed by atoms with Gasteiger partial charge in [0.2, 0.25) is 0 Å². The number of amides is 1. The molecule has 0 saturated carbocycles. The van der Waals surface area contributed by atoms with Crippen molar-refractivity contribution in [1.82, 2.24) is 0 Å². The summed E-state index contributed by atoms with van der Waals surface area (Å²) in [5.74, 6) is -3.31. The van der Waals surface area contributed by atoms with Crippen molar-refractivity contribution in [2.24, 2.45) is 0 Å². The van der Waals surface area contributed by atoms with E-state index in [2.05, 4.69) is 0 Å². The first kappa shape index (κ1) is 23.4. The van der Waals surface area contributed by atoms with Gasteiger partial charge in [-0.15, -0.1) is 0 Å². The molecule has 1 aliphatic heterocycles. The van der Waals surface area contributed by atoms with Gasteiger partial charge < -0.3 is 19.7 Å². The molecule has 1 amide bonds. The molecule has 10 heteroatoms. The summed E-state index contributed by atoms with van der Waals surface area (Å²) in [7, 11) is 0. The molecule has 7 nitrogen and oxygen atoms in total. The van der Waals surface area contributed by atoms with Crippen LogP contribution in [0.3, 0.4) is 0 Å². The lowest BCUT2D eigenvalue weighted by Crippen LogP contribution is -2.28. The summed E-state index contributed by atoms with van der Waals surface area (Å²) in [6.45, 7) is -1.17. The molecule has 0 aromatic heterocycles. The zero-order chi connectivity index (χ0) is 24.6. The number of hydrogen-bond donors (Lipinski definition) is 2. The van der Waals surface area contributed by atoms with Gasteiger partial charge in [-0.25, -0.2) is 4.39 Å². The Morgan fingerprint density at radius 2 is 1.82 bits per heavy atom. The minimum Gasteiger partial charge on any atom is -0.492 e. The smallest absolute Gasteiger partial charge is 0.387 e. The van der Waals surface area contributed by atoms with Crippen LogP contribution < -0.4 is 14.4 Å². The lowest BCUT2D eigenvalue weighted by atomic mass is 9.98. The van der Waals surface area contributed by atoms with E-state index in [1.54, 1.807) is 18.2 Å². The van der Waals surface area contributed by atoms with Crippen molar-refractivity contribution in [1.29, 1.82) is 0 Å². The molecule has 1 unspecified atom stereocenters. The van der Waals surface area contributed by atoms with Gasteiger partial charge in [-0.2, -0.15) is 8.78 Å². The Balaban J connectivity index is 1.92. The molecule has 178 valence electrons. The maximum atomic E-state index is 14.5. The number of aliphatic hydroxyl groups excluding tert-OH is 1. The van der Waals surface area contributed by atoms with Crippen LogP contribution in [0.5, 0.6) is 11.5 Å². The fraction of sp³-hybridized carbons (Fsp3) is 0.250. The highest BCUT2D eigenvalue weighted by Gasteiger charge is 2.44. The summed E-state index contributed by atoms with van der Waals surface area (Å²) in [6, 6.07) is 9.69. The van der Waals surface area contributed by atoms with Crippen LogP contribution in [-0.2, 0) is 11.2 Å². The Kier molecular flexibility index (Phi) is 6.34. The van der Waals surface area contributed by atoms with Crippen LogP contribution in [0.4, 0.5) is 18.9 Å². The summed E-state index contributed by atoms with van der Waals surface area (Å²) in [6.07, 6.45) is -1.67. The van der Waals surface area contributed by atoms with E-state index in [0.717, 1.165) is 11.0 Å². The third kappa shape index (κ3) is 4.01. The van der Waals surface area contributed by atoms with E-state index < -0.39 is 42.7 Å². The first-order valence-electron chi connectivity index (χ1n) is 10.4. The molecule has 0 radical (unpaired) electrons. The molecule has 2 N–H and O–H groups in total. The number of nitrogens with zero attached hydrogens (tertiary/aromatic N) is 1. The Hall–Kier alpha value is -3.79. The average Bonchev–Trinajstić information content (AvgIpc) is 3.04. The number of benzene rings is 3. The van der Waals surface area contributed by atoms with Crippen LogP contribution in [-0.4, -0.2) is 35.3 Å². The van der Waals surface area contributed by atoms with Gasteiger partial charge in [0.25, 0.3) is 5.91 Å². The third-order valence-electron chi connectivity index (χ3n) is 5.41. The van der Waals surface area contributed by atoms with E-state index in [1.165, 1.54) is 18.2 Å². The molecule has 0 saturated heterocycles. The Labute approximate surface area is 191 Å². The molecule has 0 fully saturated rings. The van der Waals surface area contributed by atoms with Gasteiger partial charge in [-0.3, -0.25) is 14.5 Å². The molecule has 4 rings (SSSR count). The lowest BCUT2D eigenvalue weighted by Gasteiger charge is -2.22. The van der Waals surface area contributed by atoms with Crippen LogP contribution in [0.25, 0.3) is 10.8 Å². The second-order valence-corrected chi connectivity index (χ2v) is 7.61. The number of ether oxygens (including phenoxy) is 2. The number of fused-ring (bicyclic) bond motifs is 2. The molecular weight excluding hydrogens is 455 g/mol. The first-order chi connectivity index (χ1) is 16.2. The van der Waals surface area contributed by atoms with Crippen LogP contribution in [0.2, 0.25) is 0 Å². The standard InChI is InChI=1S/C24H20F3NO6/c1-2-9-33-20-14-5-3-4-6-15(14)21(34-24(26)27)19-18(20)22(31)28(23(19)32)13-8-7-12(10-17(29)30)16(25)11-13/h3-8,11,22,24,31H,2,9-10H2,1H3,(H,29,30). The molecule has 0 bridgehead atoms. The van der Waals surface area contributed by atoms with E-state index in [9.17, 15) is 27.9 Å². The van der Waals surface area contributed by atoms with Crippen molar-refractivity contribution in [2.45, 2.75) is 32.6 Å². The number of rotatable bonds is 8. The second kappa shape index (κ2) is 9.22. The van der Waals surface area contributed by atoms with E-state index in [0.29, 0.717) is 11.8 Å². The van der Waals surface area contributed by atoms with Crippen LogP contribution in [0.15, 0.2) is 42.5 Å². The second-order valence-electron chi connectivity index (χ2n) is 7.61. The number of alkyl halides is 2. The minimum absolute atomic E-state index is 0.0668. The van der Waals surface area contributed by atoms with Crippen molar-refractivity contribution in [3.05, 3.63) is 65.0 Å². The number of aliphatic carboxylic acids is 1. The van der Waals surface area contributed by atoms with Crippen molar-refractivity contribution in [2.75, 3.05) is 11.5 Å². The summed E-state index contributed by atoms with van der Waals surface area (Å²) >= 11 is 0. The maximum absolute atomic E-state index is 14.5. The Morgan fingerprint density at radius 3 is 2.41 bits per heavy atom. The average molecular weight is 475 g/mol. The summed E-state index contributed by atoms with van der Waals surface area (Å²) in [5, 5.41) is 20.6. The Bertz CT molecular complexity index is 1280. The molecular formula is C24H20F3NO6. The highest BCUT2D eigenvalue weighted by atomic mass is 19.3. The molecule has 3 aromatic rings. The summed E-state index contributed by atoms with van der Waals surface area (Å²) in [5.41, 5.74) is -0.585. The van der Waals surface area contributed by atoms with Crippen molar-refractivity contribution >= 4 is 28.3 Å². The van der Waals surface area contributed by atoms with Crippen LogP contribution >= 0.6 is 0 Å². The molecule has 1 aliphatic rings. The topological polar surface area (TPSA) is 96.3 Å². The number of anilines is 1. The predicted molar refractivity (Wildman–Crippen MR) is 116 cm³/mol. The zero-order valence-electron chi connectivity index (χ0n) is 17.9. The monoisotopic (exact) mass is 475 g/mol. The number of carbonyl (C=O) groups excluding carboxylic acids is 1. The van der Waals surface area contributed by atoms with Gasteiger partial charge in [0, 0.05) is 16.5 Å². The van der Waals surface area contributed by atoms with Gasteiger partial charge in [0.05, 0.1) is 24.2 Å². The number of carboxylic acids is 1.